The molecule has 0 amide bonds. The molecule has 0 heterocycles. The van der Waals surface area contributed by atoms with Gasteiger partial charge in [0, 0.05) is 12.7 Å². The van der Waals surface area contributed by atoms with Gasteiger partial charge in [0.1, 0.15) is 0 Å². The minimum absolute atomic E-state index is 0.0273. The van der Waals surface area contributed by atoms with Gasteiger partial charge < -0.3 is 53.2 Å². The molecule has 33 heavy (non-hydrogen) atoms. The molecule has 198 valence electrons. The Labute approximate surface area is 196 Å². The van der Waals surface area contributed by atoms with Gasteiger partial charge >= 0.3 is 5.97 Å². The third-order valence-corrected chi connectivity index (χ3v) is 3.37. The number of hydrogen-bond acceptors (Lipinski definition) is 11. The van der Waals surface area contributed by atoms with E-state index in [2.05, 4.69) is 11.3 Å². The number of carboxylic acid groups (broad SMARTS) is 1. The van der Waals surface area contributed by atoms with Gasteiger partial charge in [-0.25, -0.2) is 4.79 Å². The number of carbonyl (C=O) groups is 1. The highest BCUT2D eigenvalue weighted by atomic mass is 16.6. The second-order valence-corrected chi connectivity index (χ2v) is 6.25. The normalized spacial score (nSPS) is 11.6. The zero-order valence-corrected chi connectivity index (χ0v) is 19.9. The van der Waals surface area contributed by atoms with Crippen LogP contribution in [0.4, 0.5) is 0 Å². The average molecular weight is 487 g/mol. The van der Waals surface area contributed by atoms with E-state index in [0.29, 0.717) is 85.9 Å². The van der Waals surface area contributed by atoms with Gasteiger partial charge in [0.25, 0.3) is 0 Å². The minimum Gasteiger partial charge on any atom is -0.478 e. The number of aliphatic carboxylic acids is 1. The molecule has 0 aromatic carbocycles. The molecule has 0 rings (SSSR count). The predicted octanol–water partition coefficient (Wildman–Crippen LogP) is -0.293. The summed E-state index contributed by atoms with van der Waals surface area (Å²) in [6.07, 6.45) is -0.894. The number of methoxy groups -OCH3 is 1. The van der Waals surface area contributed by atoms with Crippen LogP contribution in [-0.2, 0) is 42.7 Å². The summed E-state index contributed by atoms with van der Waals surface area (Å²) >= 11 is 0. The summed E-state index contributed by atoms with van der Waals surface area (Å²) < 4.78 is 41.5. The van der Waals surface area contributed by atoms with Crippen LogP contribution in [-0.4, -0.2) is 134 Å². The average Bonchev–Trinajstić information content (AvgIpc) is 2.80. The van der Waals surface area contributed by atoms with Crippen molar-refractivity contribution in [3.05, 3.63) is 12.2 Å². The molecule has 0 spiro atoms. The predicted molar refractivity (Wildman–Crippen MR) is 118 cm³/mol. The van der Waals surface area contributed by atoms with E-state index in [4.69, 9.17) is 48.5 Å². The maximum absolute atomic E-state index is 9.60. The van der Waals surface area contributed by atoms with Gasteiger partial charge in [0.2, 0.25) is 0 Å². The molecule has 0 aliphatic rings. The lowest BCUT2D eigenvalue weighted by atomic mass is 10.4. The van der Waals surface area contributed by atoms with Gasteiger partial charge in [-0.05, 0) is 6.92 Å². The fourth-order valence-corrected chi connectivity index (χ4v) is 1.64. The Kier molecular flexibility index (Phi) is 29.7. The van der Waals surface area contributed by atoms with Crippen LogP contribution in [0.25, 0.3) is 0 Å². The smallest absolute Gasteiger partial charge is 0.330 e. The van der Waals surface area contributed by atoms with Gasteiger partial charge in [-0.15, -0.1) is 0 Å². The Balaban J connectivity index is 0. The molecule has 1 unspecified atom stereocenters. The molecule has 0 saturated heterocycles. The number of hydrogen-bond donors (Lipinski definition) is 3. The molecule has 0 aromatic rings. The molecular weight excluding hydrogens is 444 g/mol. The van der Waals surface area contributed by atoms with E-state index in [1.807, 2.05) is 0 Å². The van der Waals surface area contributed by atoms with Crippen molar-refractivity contribution in [2.24, 2.45) is 0 Å². The Bertz CT molecular complexity index is 410. The van der Waals surface area contributed by atoms with Crippen LogP contribution in [0, 0.1) is 0 Å². The number of aliphatic hydroxyl groups excluding tert-OH is 2. The lowest BCUT2D eigenvalue weighted by Crippen LogP contribution is -2.19. The van der Waals surface area contributed by atoms with Crippen LogP contribution < -0.4 is 0 Å². The molecule has 0 fully saturated rings. The summed E-state index contributed by atoms with van der Waals surface area (Å²) in [5.41, 5.74) is 0.176. The first kappa shape index (κ1) is 34.0. The van der Waals surface area contributed by atoms with Crippen LogP contribution in [0.3, 0.4) is 0 Å². The maximum atomic E-state index is 9.60. The molecule has 3 N–H and O–H groups in total. The van der Waals surface area contributed by atoms with Gasteiger partial charge in [-0.1, -0.05) is 6.58 Å². The number of ether oxygens (including phenoxy) is 8. The number of carboxylic acids is 1. The first-order valence-electron chi connectivity index (χ1n) is 10.7. The summed E-state index contributed by atoms with van der Waals surface area (Å²) in [6.45, 7) is 10.9. The quantitative estimate of drug-likeness (QED) is 0.0933. The second kappa shape index (κ2) is 28.8. The van der Waals surface area contributed by atoms with E-state index in [9.17, 15) is 4.79 Å². The third-order valence-electron chi connectivity index (χ3n) is 3.37. The van der Waals surface area contributed by atoms with Crippen molar-refractivity contribution >= 4 is 5.97 Å². The van der Waals surface area contributed by atoms with Gasteiger partial charge in [-0.2, -0.15) is 0 Å². The monoisotopic (exact) mass is 486 g/mol. The van der Waals surface area contributed by atoms with Crippen molar-refractivity contribution in [1.29, 1.82) is 0 Å². The van der Waals surface area contributed by atoms with Crippen LogP contribution in [0.15, 0.2) is 12.2 Å². The van der Waals surface area contributed by atoms with Crippen molar-refractivity contribution in [3.8, 4) is 0 Å². The van der Waals surface area contributed by atoms with Gasteiger partial charge in [-0.3, -0.25) is 0 Å². The first-order valence-corrected chi connectivity index (χ1v) is 10.7. The summed E-state index contributed by atoms with van der Waals surface area (Å²) in [5, 5.41) is 25.5. The Morgan fingerprint density at radius 2 is 0.970 bits per heavy atom. The number of aliphatic hydroxyl groups is 2. The highest BCUT2D eigenvalue weighted by Gasteiger charge is 2.00. The third kappa shape index (κ3) is 33.1. The molecule has 12 heteroatoms. The SMILES string of the molecule is C=C(C)C(=O)O.COC(O)COCCOCCOCCOCCOCCOCCOCCO. The zero-order valence-electron chi connectivity index (χ0n) is 19.9. The molecule has 0 saturated carbocycles. The lowest BCUT2D eigenvalue weighted by molar-refractivity contribution is -0.132. The molecule has 0 aliphatic carbocycles. The Morgan fingerprint density at radius 1 is 0.697 bits per heavy atom. The molecule has 0 bridgehead atoms. The van der Waals surface area contributed by atoms with E-state index >= 15 is 0 Å². The molecule has 0 aliphatic heterocycles. The molecular formula is C21H42O12. The van der Waals surface area contributed by atoms with E-state index in [-0.39, 0.29) is 18.8 Å². The van der Waals surface area contributed by atoms with Crippen LogP contribution in [0.5, 0.6) is 0 Å². The maximum Gasteiger partial charge on any atom is 0.330 e. The molecule has 12 nitrogen and oxygen atoms in total. The summed E-state index contributed by atoms with van der Waals surface area (Å²) in [5.74, 6) is -0.935. The fraction of sp³-hybridized carbons (Fsp3) is 0.857. The summed E-state index contributed by atoms with van der Waals surface area (Å²) in [6, 6.07) is 0. The second-order valence-electron chi connectivity index (χ2n) is 6.25. The van der Waals surface area contributed by atoms with E-state index in [0.717, 1.165) is 0 Å². The standard InChI is InChI=1S/C17H36O10.C4H6O2/c1-20-17(19)16-27-15-14-26-13-12-25-11-10-24-9-8-23-7-6-22-5-4-21-3-2-18;1-3(2)4(5)6/h17-19H,2-16H2,1H3;1H2,2H3,(H,5,6). The summed E-state index contributed by atoms with van der Waals surface area (Å²) in [7, 11) is 1.41. The summed E-state index contributed by atoms with van der Waals surface area (Å²) in [4.78, 5) is 9.60. The topological polar surface area (TPSA) is 152 Å². The minimum atomic E-state index is -0.935. The Hall–Kier alpha value is -1.19. The Morgan fingerprint density at radius 3 is 1.21 bits per heavy atom. The van der Waals surface area contributed by atoms with Crippen molar-refractivity contribution in [1.82, 2.24) is 0 Å². The molecule has 0 aromatic heterocycles. The highest BCUT2D eigenvalue weighted by Crippen LogP contribution is 1.87. The van der Waals surface area contributed by atoms with Crippen LogP contribution >= 0.6 is 0 Å². The molecule has 1 atom stereocenters. The fourth-order valence-electron chi connectivity index (χ4n) is 1.64. The number of rotatable bonds is 24. The zero-order chi connectivity index (χ0) is 25.0. The van der Waals surface area contributed by atoms with Gasteiger partial charge in [0.05, 0.1) is 99.1 Å². The van der Waals surface area contributed by atoms with Crippen molar-refractivity contribution in [2.45, 2.75) is 13.2 Å². The largest absolute Gasteiger partial charge is 0.478 e. The van der Waals surface area contributed by atoms with E-state index in [1.54, 1.807) is 0 Å². The van der Waals surface area contributed by atoms with E-state index < -0.39 is 12.3 Å². The van der Waals surface area contributed by atoms with Crippen LogP contribution in [0.1, 0.15) is 6.92 Å². The van der Waals surface area contributed by atoms with Crippen LogP contribution in [0.2, 0.25) is 0 Å². The lowest BCUT2D eigenvalue weighted by Gasteiger charge is -2.10. The van der Waals surface area contributed by atoms with Crippen molar-refractivity contribution in [3.63, 3.8) is 0 Å². The van der Waals surface area contributed by atoms with Gasteiger partial charge in [0.15, 0.2) is 6.29 Å². The van der Waals surface area contributed by atoms with Crippen molar-refractivity contribution < 1.29 is 58.0 Å². The first-order chi connectivity index (χ1) is 16.0. The molecule has 0 radical (unpaired) electrons. The van der Waals surface area contributed by atoms with E-state index in [1.165, 1.54) is 14.0 Å². The highest BCUT2D eigenvalue weighted by molar-refractivity contribution is 5.84. The van der Waals surface area contributed by atoms with Crippen molar-refractivity contribution in [2.75, 3.05) is 106 Å².